The molecule has 0 spiro atoms. The van der Waals surface area contributed by atoms with E-state index in [1.54, 1.807) is 0 Å². The summed E-state index contributed by atoms with van der Waals surface area (Å²) >= 11 is 0. The fraction of sp³-hybridized carbons (Fsp3) is 0.711. The molecule has 272 valence electrons. The van der Waals surface area contributed by atoms with Crippen LogP contribution in [0.1, 0.15) is 136 Å². The number of allylic oxidation sites excluding steroid dienone is 10. The predicted octanol–water partition coefficient (Wildman–Crippen LogP) is 10.2. The van der Waals surface area contributed by atoms with Crippen molar-refractivity contribution in [2.75, 3.05) is 33.0 Å². The Kier molecular flexibility index (Phi) is 34.1. The summed E-state index contributed by atoms with van der Waals surface area (Å²) in [7, 11) is -4.27. The van der Waals surface area contributed by atoms with Crippen molar-refractivity contribution >= 4 is 13.8 Å². The zero-order chi connectivity index (χ0) is 34.5. The van der Waals surface area contributed by atoms with Crippen LogP contribution < -0.4 is 5.73 Å². The second-order valence-corrected chi connectivity index (χ2v) is 13.2. The fourth-order valence-corrected chi connectivity index (χ4v) is 5.32. The SMILES string of the molecule is CC/C=C\C/C=C\C/C=C\C/C=C\C/C=C\CCCCCCCCOCC(COP(=O)(O)OCCN)OC(=O)CCCCCCCC. The van der Waals surface area contributed by atoms with E-state index in [0.717, 1.165) is 77.0 Å². The lowest BCUT2D eigenvalue weighted by molar-refractivity contribution is -0.154. The molecule has 0 heterocycles. The van der Waals surface area contributed by atoms with Crippen molar-refractivity contribution in [3.05, 3.63) is 60.8 Å². The third kappa shape index (κ3) is 35.3. The van der Waals surface area contributed by atoms with E-state index in [4.69, 9.17) is 24.3 Å². The van der Waals surface area contributed by atoms with E-state index in [-0.39, 0.29) is 32.3 Å². The van der Waals surface area contributed by atoms with Crippen molar-refractivity contribution in [3.8, 4) is 0 Å². The second-order valence-electron chi connectivity index (χ2n) is 11.7. The molecule has 0 aliphatic heterocycles. The molecule has 0 aromatic heterocycles. The number of rotatable bonds is 34. The molecule has 9 heteroatoms. The van der Waals surface area contributed by atoms with Gasteiger partial charge in [-0.1, -0.05) is 132 Å². The van der Waals surface area contributed by atoms with Crippen molar-refractivity contribution in [1.29, 1.82) is 0 Å². The van der Waals surface area contributed by atoms with Crippen LogP contribution in [0, 0.1) is 0 Å². The molecule has 0 bridgehead atoms. The Morgan fingerprint density at radius 1 is 0.660 bits per heavy atom. The van der Waals surface area contributed by atoms with Crippen LogP contribution in [0.3, 0.4) is 0 Å². The van der Waals surface area contributed by atoms with Gasteiger partial charge in [0.2, 0.25) is 0 Å². The Balaban J connectivity index is 3.99. The van der Waals surface area contributed by atoms with E-state index >= 15 is 0 Å². The number of hydrogen-bond acceptors (Lipinski definition) is 7. The highest BCUT2D eigenvalue weighted by Gasteiger charge is 2.25. The minimum absolute atomic E-state index is 0.0952. The van der Waals surface area contributed by atoms with Crippen LogP contribution in [0.15, 0.2) is 60.8 Å². The van der Waals surface area contributed by atoms with Crippen LogP contribution in [0.5, 0.6) is 0 Å². The monoisotopic (exact) mass is 681 g/mol. The van der Waals surface area contributed by atoms with Gasteiger partial charge in [-0.15, -0.1) is 0 Å². The zero-order valence-electron chi connectivity index (χ0n) is 29.7. The van der Waals surface area contributed by atoms with Gasteiger partial charge >= 0.3 is 13.8 Å². The molecule has 0 fully saturated rings. The van der Waals surface area contributed by atoms with Crippen molar-refractivity contribution in [3.63, 3.8) is 0 Å². The molecule has 8 nitrogen and oxygen atoms in total. The first-order valence-electron chi connectivity index (χ1n) is 18.3. The van der Waals surface area contributed by atoms with E-state index in [0.29, 0.717) is 13.0 Å². The molecule has 3 N–H and O–H groups in total. The van der Waals surface area contributed by atoms with Crippen LogP contribution in [-0.2, 0) is 27.9 Å². The molecule has 0 radical (unpaired) electrons. The summed E-state index contributed by atoms with van der Waals surface area (Å²) in [4.78, 5) is 22.1. The van der Waals surface area contributed by atoms with Gasteiger partial charge < -0.3 is 20.1 Å². The van der Waals surface area contributed by atoms with Gasteiger partial charge in [0.25, 0.3) is 0 Å². The van der Waals surface area contributed by atoms with Crippen LogP contribution in [0.2, 0.25) is 0 Å². The Hall–Kier alpha value is -1.80. The average molecular weight is 682 g/mol. The lowest BCUT2D eigenvalue weighted by Gasteiger charge is -2.20. The fourth-order valence-electron chi connectivity index (χ4n) is 4.55. The Morgan fingerprint density at radius 2 is 1.19 bits per heavy atom. The van der Waals surface area contributed by atoms with Gasteiger partial charge in [-0.25, -0.2) is 4.57 Å². The normalized spacial score (nSPS) is 14.4. The third-order valence-corrected chi connectivity index (χ3v) is 8.18. The predicted molar refractivity (Wildman–Crippen MR) is 196 cm³/mol. The standard InChI is InChI=1S/C38H68NO7P/c1-3-5-7-9-11-12-13-14-15-16-17-18-19-20-21-22-23-24-25-26-28-30-33-43-35-37(36-45-47(41,42)44-34-32-39)46-38(40)31-29-27-10-8-6-4-2/h5,7,11-12,14-15,17-18,20-21,37H,3-4,6,8-10,13,16,19,22-36,39H2,1-2H3,(H,41,42)/b7-5-,12-11-,15-14-,18-17-,21-20-. The number of esters is 1. The summed E-state index contributed by atoms with van der Waals surface area (Å²) in [5.74, 6) is -0.349. The number of hydrogen-bond donors (Lipinski definition) is 2. The van der Waals surface area contributed by atoms with E-state index in [1.165, 1.54) is 38.5 Å². The van der Waals surface area contributed by atoms with Crippen LogP contribution in [0.4, 0.5) is 0 Å². The van der Waals surface area contributed by atoms with Gasteiger partial charge in [0, 0.05) is 19.6 Å². The molecule has 0 saturated heterocycles. The summed E-state index contributed by atoms with van der Waals surface area (Å²) in [6, 6.07) is 0. The maximum Gasteiger partial charge on any atom is 0.472 e. The number of unbranched alkanes of at least 4 members (excludes halogenated alkanes) is 11. The molecule has 0 saturated carbocycles. The summed E-state index contributed by atoms with van der Waals surface area (Å²) in [5, 5.41) is 0. The molecule has 2 unspecified atom stereocenters. The third-order valence-electron chi connectivity index (χ3n) is 7.20. The van der Waals surface area contributed by atoms with Gasteiger partial charge in [0.05, 0.1) is 19.8 Å². The van der Waals surface area contributed by atoms with Crippen molar-refractivity contribution in [2.24, 2.45) is 5.73 Å². The largest absolute Gasteiger partial charge is 0.472 e. The highest BCUT2D eigenvalue weighted by molar-refractivity contribution is 7.47. The number of ether oxygens (including phenoxy) is 2. The van der Waals surface area contributed by atoms with Crippen LogP contribution in [0.25, 0.3) is 0 Å². The number of phosphoric ester groups is 1. The molecular formula is C38H68NO7P. The quantitative estimate of drug-likeness (QED) is 0.0298. The first kappa shape index (κ1) is 45.2. The van der Waals surface area contributed by atoms with Gasteiger partial charge in [-0.05, 0) is 57.8 Å². The molecule has 0 aromatic carbocycles. The van der Waals surface area contributed by atoms with Crippen LogP contribution in [-0.4, -0.2) is 49.9 Å². The number of nitrogens with two attached hydrogens (primary N) is 1. The molecule has 47 heavy (non-hydrogen) atoms. The second kappa shape index (κ2) is 35.5. The van der Waals surface area contributed by atoms with Crippen molar-refractivity contribution in [1.82, 2.24) is 0 Å². The lowest BCUT2D eigenvalue weighted by Crippen LogP contribution is -2.28. The minimum atomic E-state index is -4.27. The summed E-state index contributed by atoms with van der Waals surface area (Å²) < 4.78 is 33.1. The van der Waals surface area contributed by atoms with E-state index in [1.807, 2.05) is 0 Å². The smallest absolute Gasteiger partial charge is 0.457 e. The first-order valence-corrected chi connectivity index (χ1v) is 19.8. The minimum Gasteiger partial charge on any atom is -0.457 e. The Morgan fingerprint density at radius 3 is 1.79 bits per heavy atom. The number of carbonyl (C=O) groups is 1. The van der Waals surface area contributed by atoms with Gasteiger partial charge in [0.15, 0.2) is 0 Å². The summed E-state index contributed by atoms with van der Waals surface area (Å²) in [6.07, 6.45) is 41.2. The Labute approximate surface area is 287 Å². The highest BCUT2D eigenvalue weighted by Crippen LogP contribution is 2.43. The molecular weight excluding hydrogens is 613 g/mol. The number of carbonyl (C=O) groups excluding carboxylic acids is 1. The maximum atomic E-state index is 12.4. The van der Waals surface area contributed by atoms with Crippen LogP contribution >= 0.6 is 7.82 Å². The summed E-state index contributed by atoms with van der Waals surface area (Å²) in [5.41, 5.74) is 5.33. The van der Waals surface area contributed by atoms with Gasteiger partial charge in [-0.3, -0.25) is 13.8 Å². The number of phosphoric acid groups is 1. The molecule has 0 aromatic rings. The first-order chi connectivity index (χ1) is 22.9. The van der Waals surface area contributed by atoms with E-state index < -0.39 is 13.9 Å². The van der Waals surface area contributed by atoms with Crippen molar-refractivity contribution < 1.29 is 32.8 Å². The molecule has 0 amide bonds. The van der Waals surface area contributed by atoms with Gasteiger partial charge in [0.1, 0.15) is 6.10 Å². The molecule has 0 rings (SSSR count). The van der Waals surface area contributed by atoms with E-state index in [9.17, 15) is 14.3 Å². The molecule has 0 aliphatic rings. The summed E-state index contributed by atoms with van der Waals surface area (Å²) in [6.45, 7) is 4.68. The van der Waals surface area contributed by atoms with Gasteiger partial charge in [-0.2, -0.15) is 0 Å². The van der Waals surface area contributed by atoms with E-state index in [2.05, 4.69) is 74.6 Å². The zero-order valence-corrected chi connectivity index (χ0v) is 30.6. The highest BCUT2D eigenvalue weighted by atomic mass is 31.2. The molecule has 2 atom stereocenters. The topological polar surface area (TPSA) is 117 Å². The Bertz CT molecular complexity index is 900. The lowest BCUT2D eigenvalue weighted by atomic mass is 10.1. The molecule has 0 aliphatic carbocycles. The average Bonchev–Trinajstić information content (AvgIpc) is 3.06. The maximum absolute atomic E-state index is 12.4. The van der Waals surface area contributed by atoms with Crippen molar-refractivity contribution in [2.45, 2.75) is 142 Å².